The van der Waals surface area contributed by atoms with Crippen molar-refractivity contribution in [3.8, 4) is 0 Å². The minimum Gasteiger partial charge on any atom is -0.448 e. The quantitative estimate of drug-likeness (QED) is 0.707. The van der Waals surface area contributed by atoms with Gasteiger partial charge < -0.3 is 15.0 Å². The van der Waals surface area contributed by atoms with Gasteiger partial charge in [0.25, 0.3) is 5.91 Å². The molecule has 118 valence electrons. The Labute approximate surface area is 137 Å². The van der Waals surface area contributed by atoms with E-state index >= 15 is 0 Å². The fourth-order valence-corrected chi connectivity index (χ4v) is 2.84. The normalized spacial score (nSPS) is 12.0. The van der Waals surface area contributed by atoms with E-state index in [0.29, 0.717) is 12.2 Å². The molecule has 3 aromatic rings. The second-order valence-electron chi connectivity index (χ2n) is 5.11. The number of thiophene rings is 1. The topological polar surface area (TPSA) is 71.2 Å². The number of aromatic amines is 1. The van der Waals surface area contributed by atoms with Gasteiger partial charge in [-0.3, -0.25) is 4.79 Å². The number of fused-ring (bicyclic) bond motifs is 1. The largest absolute Gasteiger partial charge is 0.448 e. The Morgan fingerprint density at radius 1 is 1.26 bits per heavy atom. The molecule has 6 heteroatoms. The highest BCUT2D eigenvalue weighted by molar-refractivity contribution is 7.09. The predicted molar refractivity (Wildman–Crippen MR) is 89.3 cm³/mol. The van der Waals surface area contributed by atoms with Gasteiger partial charge in [-0.25, -0.2) is 4.79 Å². The molecule has 0 radical (unpaired) electrons. The summed E-state index contributed by atoms with van der Waals surface area (Å²) in [5, 5.41) is 5.62. The second kappa shape index (κ2) is 6.66. The van der Waals surface area contributed by atoms with Gasteiger partial charge in [-0.2, -0.15) is 0 Å². The molecular weight excluding hydrogens is 312 g/mol. The third-order valence-corrected chi connectivity index (χ3v) is 4.30. The number of hydrogen-bond donors (Lipinski definition) is 2. The number of carbonyl (C=O) groups excluding carboxylic acids is 2. The lowest BCUT2D eigenvalue weighted by Gasteiger charge is -2.12. The van der Waals surface area contributed by atoms with Crippen LogP contribution in [0.2, 0.25) is 0 Å². The van der Waals surface area contributed by atoms with E-state index in [1.807, 2.05) is 41.8 Å². The van der Waals surface area contributed by atoms with Crippen molar-refractivity contribution in [2.75, 3.05) is 0 Å². The van der Waals surface area contributed by atoms with Crippen LogP contribution in [0, 0.1) is 0 Å². The molecule has 23 heavy (non-hydrogen) atoms. The highest BCUT2D eigenvalue weighted by atomic mass is 32.1. The molecule has 1 aromatic carbocycles. The summed E-state index contributed by atoms with van der Waals surface area (Å²) in [6.45, 7) is 2.00. The summed E-state index contributed by atoms with van der Waals surface area (Å²) >= 11 is 1.56. The Kier molecular flexibility index (Phi) is 4.43. The summed E-state index contributed by atoms with van der Waals surface area (Å²) < 4.78 is 5.22. The van der Waals surface area contributed by atoms with Crippen LogP contribution in [0.25, 0.3) is 10.9 Å². The van der Waals surface area contributed by atoms with Gasteiger partial charge in [-0.15, -0.1) is 11.3 Å². The van der Waals surface area contributed by atoms with E-state index in [1.54, 1.807) is 24.3 Å². The van der Waals surface area contributed by atoms with Crippen LogP contribution in [-0.2, 0) is 16.1 Å². The van der Waals surface area contributed by atoms with E-state index in [1.165, 1.54) is 0 Å². The molecule has 2 N–H and O–H groups in total. The summed E-state index contributed by atoms with van der Waals surface area (Å²) in [6.07, 6.45) is -0.853. The van der Waals surface area contributed by atoms with E-state index in [-0.39, 0.29) is 5.91 Å². The fraction of sp³-hybridized carbons (Fsp3) is 0.176. The minimum atomic E-state index is -0.853. The van der Waals surface area contributed by atoms with Crippen molar-refractivity contribution in [2.45, 2.75) is 19.6 Å². The molecule has 2 heterocycles. The SMILES string of the molecule is C[C@@H](OC(=O)c1cc2ccccc2[nH]1)C(=O)NCc1cccs1. The van der Waals surface area contributed by atoms with Gasteiger partial charge >= 0.3 is 5.97 Å². The molecule has 0 bridgehead atoms. The van der Waals surface area contributed by atoms with Crippen LogP contribution < -0.4 is 5.32 Å². The van der Waals surface area contributed by atoms with E-state index in [0.717, 1.165) is 15.8 Å². The number of nitrogens with one attached hydrogen (secondary N) is 2. The molecule has 1 atom stereocenters. The van der Waals surface area contributed by atoms with Gasteiger partial charge in [0, 0.05) is 15.8 Å². The Bertz CT molecular complexity index is 790. The smallest absolute Gasteiger partial charge is 0.355 e. The molecule has 0 fully saturated rings. The highest BCUT2D eigenvalue weighted by Crippen LogP contribution is 2.15. The molecule has 0 saturated carbocycles. The monoisotopic (exact) mass is 328 g/mol. The van der Waals surface area contributed by atoms with Crippen molar-refractivity contribution in [3.05, 3.63) is 58.4 Å². The van der Waals surface area contributed by atoms with Crippen molar-refractivity contribution in [1.82, 2.24) is 10.3 Å². The van der Waals surface area contributed by atoms with Crippen LogP contribution in [0.4, 0.5) is 0 Å². The van der Waals surface area contributed by atoms with Crippen LogP contribution >= 0.6 is 11.3 Å². The van der Waals surface area contributed by atoms with Crippen molar-refractivity contribution in [1.29, 1.82) is 0 Å². The first-order valence-corrected chi connectivity index (χ1v) is 8.10. The number of benzene rings is 1. The maximum absolute atomic E-state index is 12.1. The Hall–Kier alpha value is -2.60. The van der Waals surface area contributed by atoms with Crippen molar-refractivity contribution >= 4 is 34.1 Å². The average Bonchev–Trinajstić information content (AvgIpc) is 3.21. The van der Waals surface area contributed by atoms with Crippen molar-refractivity contribution in [3.63, 3.8) is 0 Å². The van der Waals surface area contributed by atoms with Gasteiger partial charge in [-0.1, -0.05) is 24.3 Å². The minimum absolute atomic E-state index is 0.317. The van der Waals surface area contributed by atoms with Crippen LogP contribution in [-0.4, -0.2) is 23.0 Å². The van der Waals surface area contributed by atoms with E-state index in [4.69, 9.17) is 4.74 Å². The maximum atomic E-state index is 12.1. The lowest BCUT2D eigenvalue weighted by molar-refractivity contribution is -0.129. The first kappa shape index (κ1) is 15.3. The van der Waals surface area contributed by atoms with Gasteiger partial charge in [0.2, 0.25) is 0 Å². The van der Waals surface area contributed by atoms with Gasteiger partial charge in [-0.05, 0) is 30.5 Å². The molecule has 0 aliphatic rings. The Morgan fingerprint density at radius 2 is 2.09 bits per heavy atom. The molecule has 0 unspecified atom stereocenters. The van der Waals surface area contributed by atoms with Crippen LogP contribution in [0.1, 0.15) is 22.3 Å². The van der Waals surface area contributed by atoms with Crippen molar-refractivity contribution in [2.24, 2.45) is 0 Å². The number of rotatable bonds is 5. The molecule has 5 nitrogen and oxygen atoms in total. The van der Waals surface area contributed by atoms with E-state index in [2.05, 4.69) is 10.3 Å². The van der Waals surface area contributed by atoms with Crippen LogP contribution in [0.3, 0.4) is 0 Å². The zero-order valence-corrected chi connectivity index (χ0v) is 13.4. The Balaban J connectivity index is 1.58. The predicted octanol–water partition coefficient (Wildman–Crippen LogP) is 3.09. The second-order valence-corrected chi connectivity index (χ2v) is 6.15. The molecule has 1 amide bonds. The summed E-state index contributed by atoms with van der Waals surface area (Å²) in [7, 11) is 0. The number of hydrogen-bond acceptors (Lipinski definition) is 4. The highest BCUT2D eigenvalue weighted by Gasteiger charge is 2.20. The lowest BCUT2D eigenvalue weighted by atomic mass is 10.2. The maximum Gasteiger partial charge on any atom is 0.355 e. The number of para-hydroxylation sites is 1. The van der Waals surface area contributed by atoms with Crippen molar-refractivity contribution < 1.29 is 14.3 Å². The first-order chi connectivity index (χ1) is 11.1. The summed E-state index contributed by atoms with van der Waals surface area (Å²) in [4.78, 5) is 28.2. The number of ether oxygens (including phenoxy) is 1. The third-order valence-electron chi connectivity index (χ3n) is 3.42. The zero-order chi connectivity index (χ0) is 16.2. The van der Waals surface area contributed by atoms with Gasteiger partial charge in [0.15, 0.2) is 6.10 Å². The Morgan fingerprint density at radius 3 is 2.83 bits per heavy atom. The summed E-state index contributed by atoms with van der Waals surface area (Å²) in [6, 6.07) is 13.1. The molecule has 0 spiro atoms. The number of H-pyrrole nitrogens is 1. The molecule has 0 aliphatic heterocycles. The standard InChI is InChI=1S/C17H16N2O3S/c1-11(16(20)18-10-13-6-4-8-23-13)22-17(21)15-9-12-5-2-3-7-14(12)19-15/h2-9,11,19H,10H2,1H3,(H,18,20)/t11-/m1/s1. The van der Waals surface area contributed by atoms with Crippen LogP contribution in [0.15, 0.2) is 47.8 Å². The third kappa shape index (κ3) is 3.60. The fourth-order valence-electron chi connectivity index (χ4n) is 2.19. The first-order valence-electron chi connectivity index (χ1n) is 7.22. The molecule has 0 saturated heterocycles. The number of esters is 1. The number of aromatic nitrogens is 1. The number of amides is 1. The number of carbonyl (C=O) groups is 2. The lowest BCUT2D eigenvalue weighted by Crippen LogP contribution is -2.35. The van der Waals surface area contributed by atoms with E-state index < -0.39 is 12.1 Å². The average molecular weight is 328 g/mol. The van der Waals surface area contributed by atoms with Gasteiger partial charge in [0.1, 0.15) is 5.69 Å². The summed E-state index contributed by atoms with van der Waals surface area (Å²) in [5.74, 6) is -0.858. The molecule has 0 aliphatic carbocycles. The van der Waals surface area contributed by atoms with Gasteiger partial charge in [0.05, 0.1) is 6.54 Å². The van der Waals surface area contributed by atoms with Crippen LogP contribution in [0.5, 0.6) is 0 Å². The summed E-state index contributed by atoms with van der Waals surface area (Å²) in [5.41, 5.74) is 1.19. The molecule has 3 rings (SSSR count). The molecular formula is C17H16N2O3S. The molecule has 2 aromatic heterocycles. The zero-order valence-electron chi connectivity index (χ0n) is 12.5. The van der Waals surface area contributed by atoms with E-state index in [9.17, 15) is 9.59 Å².